The molecule has 0 bridgehead atoms. The third-order valence-electron chi connectivity index (χ3n) is 2.68. The summed E-state index contributed by atoms with van der Waals surface area (Å²) in [5.74, 6) is 4.81. The van der Waals surface area contributed by atoms with Crippen LogP contribution in [0.5, 0.6) is 5.75 Å². The number of halogens is 1. The first-order valence-corrected chi connectivity index (χ1v) is 5.73. The molecule has 0 aliphatic rings. The van der Waals surface area contributed by atoms with Crippen molar-refractivity contribution in [3.05, 3.63) is 64.0 Å². The summed E-state index contributed by atoms with van der Waals surface area (Å²) in [6.45, 7) is -0.110. The van der Waals surface area contributed by atoms with Crippen LogP contribution in [0.3, 0.4) is 0 Å². The number of anilines is 1. The topological polar surface area (TPSA) is 90.4 Å². The zero-order valence-corrected chi connectivity index (χ0v) is 10.4. The SMILES string of the molecule is NNc1cccc(OCc2ccccc2F)c1[N+](=O)[O-]. The molecular formula is C13H12FN3O3. The molecular weight excluding hydrogens is 265 g/mol. The molecule has 104 valence electrons. The summed E-state index contributed by atoms with van der Waals surface area (Å²) in [5, 5.41) is 11.0. The van der Waals surface area contributed by atoms with E-state index >= 15 is 0 Å². The molecule has 7 heteroatoms. The normalized spacial score (nSPS) is 10.1. The summed E-state index contributed by atoms with van der Waals surface area (Å²) in [7, 11) is 0. The van der Waals surface area contributed by atoms with E-state index in [1.54, 1.807) is 24.3 Å². The Morgan fingerprint density at radius 2 is 2.00 bits per heavy atom. The van der Waals surface area contributed by atoms with Gasteiger partial charge in [0.15, 0.2) is 5.75 Å². The summed E-state index contributed by atoms with van der Waals surface area (Å²) >= 11 is 0. The molecule has 0 aliphatic heterocycles. The van der Waals surface area contributed by atoms with Gasteiger partial charge in [-0.15, -0.1) is 0 Å². The Bertz CT molecular complexity index is 634. The number of ether oxygens (including phenoxy) is 1. The molecule has 0 spiro atoms. The van der Waals surface area contributed by atoms with Crippen LogP contribution in [-0.2, 0) is 6.61 Å². The minimum Gasteiger partial charge on any atom is -0.482 e. The first-order valence-electron chi connectivity index (χ1n) is 5.73. The van der Waals surface area contributed by atoms with Gasteiger partial charge in [0.05, 0.1) is 4.92 Å². The zero-order valence-electron chi connectivity index (χ0n) is 10.4. The van der Waals surface area contributed by atoms with E-state index in [4.69, 9.17) is 10.6 Å². The lowest BCUT2D eigenvalue weighted by Crippen LogP contribution is -2.10. The summed E-state index contributed by atoms with van der Waals surface area (Å²) < 4.78 is 18.8. The number of hydrogen-bond acceptors (Lipinski definition) is 5. The predicted octanol–water partition coefficient (Wildman–Crippen LogP) is 2.60. The minimum absolute atomic E-state index is 0.0219. The van der Waals surface area contributed by atoms with Crippen LogP contribution in [0.1, 0.15) is 5.56 Å². The molecule has 0 aliphatic carbocycles. The third kappa shape index (κ3) is 2.83. The molecule has 0 atom stereocenters. The number of hydrogen-bond donors (Lipinski definition) is 2. The van der Waals surface area contributed by atoms with Crippen molar-refractivity contribution in [3.8, 4) is 5.75 Å². The highest BCUT2D eigenvalue weighted by Crippen LogP contribution is 2.34. The maximum absolute atomic E-state index is 13.5. The van der Waals surface area contributed by atoms with Gasteiger partial charge in [0, 0.05) is 5.56 Å². The predicted molar refractivity (Wildman–Crippen MR) is 71.6 cm³/mol. The Labute approximate surface area is 114 Å². The highest BCUT2D eigenvalue weighted by Gasteiger charge is 2.20. The highest BCUT2D eigenvalue weighted by atomic mass is 19.1. The number of benzene rings is 2. The van der Waals surface area contributed by atoms with Crippen LogP contribution in [0, 0.1) is 15.9 Å². The molecule has 20 heavy (non-hydrogen) atoms. The van der Waals surface area contributed by atoms with Crippen LogP contribution in [0.25, 0.3) is 0 Å². The number of nitro groups is 1. The molecule has 0 radical (unpaired) electrons. The number of nitro benzene ring substituents is 1. The van der Waals surface area contributed by atoms with Gasteiger partial charge in [-0.25, -0.2) is 4.39 Å². The van der Waals surface area contributed by atoms with Crippen LogP contribution in [-0.4, -0.2) is 4.92 Å². The van der Waals surface area contributed by atoms with Crippen molar-refractivity contribution in [1.29, 1.82) is 0 Å². The zero-order chi connectivity index (χ0) is 14.5. The van der Waals surface area contributed by atoms with Crippen LogP contribution in [0.4, 0.5) is 15.8 Å². The lowest BCUT2D eigenvalue weighted by molar-refractivity contribution is -0.385. The van der Waals surface area contributed by atoms with Gasteiger partial charge in [0.2, 0.25) is 0 Å². The van der Waals surface area contributed by atoms with Crippen molar-refractivity contribution in [2.45, 2.75) is 6.61 Å². The van der Waals surface area contributed by atoms with Gasteiger partial charge in [-0.1, -0.05) is 24.3 Å². The van der Waals surface area contributed by atoms with Gasteiger partial charge in [-0.2, -0.15) is 0 Å². The maximum Gasteiger partial charge on any atom is 0.335 e. The minimum atomic E-state index is -0.605. The Morgan fingerprint density at radius 3 is 2.65 bits per heavy atom. The van der Waals surface area contributed by atoms with E-state index in [9.17, 15) is 14.5 Å². The molecule has 0 saturated heterocycles. The second kappa shape index (κ2) is 5.98. The summed E-state index contributed by atoms with van der Waals surface area (Å²) in [6.07, 6.45) is 0. The lowest BCUT2D eigenvalue weighted by Gasteiger charge is -2.09. The van der Waals surface area contributed by atoms with Crippen LogP contribution in [0.2, 0.25) is 0 Å². The average Bonchev–Trinajstić information content (AvgIpc) is 2.45. The number of nitrogens with zero attached hydrogens (tertiary/aromatic N) is 1. The number of nitrogens with two attached hydrogens (primary N) is 1. The van der Waals surface area contributed by atoms with Crippen molar-refractivity contribution < 1.29 is 14.1 Å². The van der Waals surface area contributed by atoms with Gasteiger partial charge in [0.1, 0.15) is 18.1 Å². The second-order valence-electron chi connectivity index (χ2n) is 3.93. The fraction of sp³-hybridized carbons (Fsp3) is 0.0769. The fourth-order valence-corrected chi connectivity index (χ4v) is 1.71. The molecule has 0 unspecified atom stereocenters. The Morgan fingerprint density at radius 1 is 1.25 bits per heavy atom. The van der Waals surface area contributed by atoms with E-state index in [0.717, 1.165) is 0 Å². The number of nitrogens with one attached hydrogen (secondary N) is 1. The Balaban J connectivity index is 2.26. The number of nitrogen functional groups attached to an aromatic ring is 1. The van der Waals surface area contributed by atoms with E-state index in [-0.39, 0.29) is 23.7 Å². The monoisotopic (exact) mass is 277 g/mol. The van der Waals surface area contributed by atoms with Crippen molar-refractivity contribution >= 4 is 11.4 Å². The van der Waals surface area contributed by atoms with Gasteiger partial charge in [0.25, 0.3) is 0 Å². The smallest absolute Gasteiger partial charge is 0.335 e. The summed E-state index contributed by atoms with van der Waals surface area (Å²) in [4.78, 5) is 10.4. The van der Waals surface area contributed by atoms with Gasteiger partial charge >= 0.3 is 5.69 Å². The van der Waals surface area contributed by atoms with Gasteiger partial charge in [-0.05, 0) is 18.2 Å². The molecule has 0 saturated carbocycles. The fourth-order valence-electron chi connectivity index (χ4n) is 1.71. The van der Waals surface area contributed by atoms with Crippen molar-refractivity contribution in [1.82, 2.24) is 0 Å². The molecule has 0 fully saturated rings. The first-order chi connectivity index (χ1) is 9.63. The number of rotatable bonds is 5. The molecule has 3 N–H and O–H groups in total. The molecule has 0 heterocycles. The molecule has 2 aromatic carbocycles. The van der Waals surface area contributed by atoms with E-state index in [1.807, 2.05) is 0 Å². The molecule has 0 amide bonds. The van der Waals surface area contributed by atoms with Crippen LogP contribution >= 0.6 is 0 Å². The molecule has 0 aromatic heterocycles. The van der Waals surface area contributed by atoms with Gasteiger partial charge in [-0.3, -0.25) is 16.0 Å². The summed E-state index contributed by atoms with van der Waals surface area (Å²) in [5.41, 5.74) is 2.38. The standard InChI is InChI=1S/C13H12FN3O3/c14-10-5-2-1-4-9(10)8-20-12-7-3-6-11(16-15)13(12)17(18)19/h1-7,16H,8,15H2. The molecule has 6 nitrogen and oxygen atoms in total. The molecule has 2 rings (SSSR count). The van der Waals surface area contributed by atoms with Crippen LogP contribution < -0.4 is 16.0 Å². The average molecular weight is 277 g/mol. The van der Waals surface area contributed by atoms with Crippen molar-refractivity contribution in [2.24, 2.45) is 5.84 Å². The van der Waals surface area contributed by atoms with E-state index < -0.39 is 10.7 Å². The molecule has 2 aromatic rings. The Kier molecular flexibility index (Phi) is 4.11. The van der Waals surface area contributed by atoms with E-state index in [1.165, 1.54) is 18.2 Å². The quantitative estimate of drug-likeness (QED) is 0.498. The van der Waals surface area contributed by atoms with E-state index in [2.05, 4.69) is 5.43 Å². The van der Waals surface area contributed by atoms with Crippen LogP contribution in [0.15, 0.2) is 42.5 Å². The lowest BCUT2D eigenvalue weighted by atomic mass is 10.2. The van der Waals surface area contributed by atoms with E-state index in [0.29, 0.717) is 5.56 Å². The number of para-hydroxylation sites is 1. The number of hydrazine groups is 1. The Hall–Kier alpha value is -2.67. The second-order valence-corrected chi connectivity index (χ2v) is 3.93. The third-order valence-corrected chi connectivity index (χ3v) is 2.68. The van der Waals surface area contributed by atoms with Gasteiger partial charge < -0.3 is 10.2 Å². The first kappa shape index (κ1) is 13.8. The van der Waals surface area contributed by atoms with Crippen molar-refractivity contribution in [2.75, 3.05) is 5.43 Å². The largest absolute Gasteiger partial charge is 0.482 e. The van der Waals surface area contributed by atoms with Crippen molar-refractivity contribution in [3.63, 3.8) is 0 Å². The highest BCUT2D eigenvalue weighted by molar-refractivity contribution is 5.67. The maximum atomic E-state index is 13.5. The summed E-state index contributed by atoms with van der Waals surface area (Å²) in [6, 6.07) is 10.5.